The van der Waals surface area contributed by atoms with Gasteiger partial charge in [0.2, 0.25) is 0 Å². The Morgan fingerprint density at radius 1 is 1.35 bits per heavy atom. The number of hydrogen-bond donors (Lipinski definition) is 1. The van der Waals surface area contributed by atoms with Crippen molar-refractivity contribution in [2.45, 2.75) is 39.2 Å². The van der Waals surface area contributed by atoms with Crippen LogP contribution in [0.2, 0.25) is 0 Å². The molecular weight excluding hydrogens is 363 g/mol. The molecular formula is C15H29IN4. The van der Waals surface area contributed by atoms with Crippen LogP contribution in [0.5, 0.6) is 0 Å². The largest absolute Gasteiger partial charge is 0.356 e. The highest BCUT2D eigenvalue weighted by molar-refractivity contribution is 14.0. The lowest BCUT2D eigenvalue weighted by Gasteiger charge is -2.22. The Kier molecular flexibility index (Phi) is 10.6. The highest BCUT2D eigenvalue weighted by Crippen LogP contribution is 2.04. The number of nitrogens with one attached hydrogen (secondary N) is 1. The second kappa shape index (κ2) is 11.0. The second-order valence-corrected chi connectivity index (χ2v) is 5.00. The number of nitrogens with zero attached hydrogens (tertiary/aromatic N) is 3. The van der Waals surface area contributed by atoms with Gasteiger partial charge in [0.1, 0.15) is 0 Å². The van der Waals surface area contributed by atoms with Gasteiger partial charge in [-0.05, 0) is 18.6 Å². The van der Waals surface area contributed by atoms with Crippen molar-refractivity contribution in [2.24, 2.45) is 12.0 Å². The van der Waals surface area contributed by atoms with Gasteiger partial charge in [-0.15, -0.1) is 24.0 Å². The minimum atomic E-state index is 0. The molecule has 1 rings (SSSR count). The summed E-state index contributed by atoms with van der Waals surface area (Å²) in [7, 11) is 5.99. The van der Waals surface area contributed by atoms with E-state index in [-0.39, 0.29) is 24.0 Å². The maximum Gasteiger partial charge on any atom is 0.193 e. The van der Waals surface area contributed by atoms with Gasteiger partial charge >= 0.3 is 0 Å². The Hall–Kier alpha value is -0.720. The summed E-state index contributed by atoms with van der Waals surface area (Å²) in [6.45, 7) is 4.11. The lowest BCUT2D eigenvalue weighted by molar-refractivity contribution is 0.460. The molecule has 0 saturated heterocycles. The van der Waals surface area contributed by atoms with Gasteiger partial charge in [-0.3, -0.25) is 4.99 Å². The molecule has 0 spiro atoms. The highest BCUT2D eigenvalue weighted by Gasteiger charge is 2.07. The van der Waals surface area contributed by atoms with E-state index in [2.05, 4.69) is 59.1 Å². The van der Waals surface area contributed by atoms with Crippen LogP contribution < -0.4 is 5.32 Å². The van der Waals surface area contributed by atoms with E-state index in [4.69, 9.17) is 0 Å². The first-order valence-corrected chi connectivity index (χ1v) is 7.21. The van der Waals surface area contributed by atoms with E-state index in [0.29, 0.717) is 0 Å². The van der Waals surface area contributed by atoms with Crippen molar-refractivity contribution in [1.29, 1.82) is 0 Å². The molecule has 5 heteroatoms. The Bertz CT molecular complexity index is 387. The van der Waals surface area contributed by atoms with Gasteiger partial charge in [-0.2, -0.15) is 0 Å². The lowest BCUT2D eigenvalue weighted by atomic mass is 10.2. The van der Waals surface area contributed by atoms with E-state index in [1.54, 1.807) is 0 Å². The highest BCUT2D eigenvalue weighted by atomic mass is 127. The van der Waals surface area contributed by atoms with Crippen molar-refractivity contribution < 1.29 is 0 Å². The van der Waals surface area contributed by atoms with Gasteiger partial charge < -0.3 is 14.8 Å². The maximum atomic E-state index is 4.34. The number of unbranched alkanes of at least 4 members (excludes halogenated alkanes) is 3. The molecule has 0 unspecified atom stereocenters. The van der Waals surface area contributed by atoms with Gasteiger partial charge in [0, 0.05) is 39.6 Å². The number of aliphatic imine (C=N–C) groups is 1. The summed E-state index contributed by atoms with van der Waals surface area (Å²) >= 11 is 0. The van der Waals surface area contributed by atoms with Crippen LogP contribution in [0.15, 0.2) is 23.3 Å². The smallest absolute Gasteiger partial charge is 0.193 e. The van der Waals surface area contributed by atoms with Crippen LogP contribution in [0.4, 0.5) is 0 Å². The Morgan fingerprint density at radius 3 is 2.65 bits per heavy atom. The van der Waals surface area contributed by atoms with Crippen molar-refractivity contribution in [3.63, 3.8) is 0 Å². The summed E-state index contributed by atoms with van der Waals surface area (Å²) in [5.74, 6) is 0.970. The maximum absolute atomic E-state index is 4.34. The fourth-order valence-corrected chi connectivity index (χ4v) is 2.12. The molecule has 0 fully saturated rings. The van der Waals surface area contributed by atoms with Gasteiger partial charge in [-0.1, -0.05) is 26.2 Å². The van der Waals surface area contributed by atoms with E-state index in [0.717, 1.165) is 19.0 Å². The third kappa shape index (κ3) is 6.63. The Labute approximate surface area is 140 Å². The fourth-order valence-electron chi connectivity index (χ4n) is 2.12. The number of guanidine groups is 1. The third-order valence-corrected chi connectivity index (χ3v) is 3.34. The van der Waals surface area contributed by atoms with E-state index in [1.165, 1.54) is 31.4 Å². The van der Waals surface area contributed by atoms with Gasteiger partial charge in [0.05, 0.1) is 6.54 Å². The first-order valence-electron chi connectivity index (χ1n) is 7.21. The predicted octanol–water partition coefficient (Wildman–Crippen LogP) is 3.23. The third-order valence-electron chi connectivity index (χ3n) is 3.34. The predicted molar refractivity (Wildman–Crippen MR) is 97.8 cm³/mol. The summed E-state index contributed by atoms with van der Waals surface area (Å²) < 4.78 is 2.14. The molecule has 0 radical (unpaired) electrons. The van der Waals surface area contributed by atoms with Crippen LogP contribution in [0.1, 0.15) is 38.3 Å². The number of halogens is 1. The molecule has 20 heavy (non-hydrogen) atoms. The topological polar surface area (TPSA) is 32.6 Å². The van der Waals surface area contributed by atoms with Crippen LogP contribution in [0, 0.1) is 0 Å². The van der Waals surface area contributed by atoms with E-state index in [1.807, 2.05) is 7.05 Å². The van der Waals surface area contributed by atoms with Crippen LogP contribution >= 0.6 is 24.0 Å². The normalized spacial score (nSPS) is 11.1. The van der Waals surface area contributed by atoms with E-state index < -0.39 is 0 Å². The van der Waals surface area contributed by atoms with Crippen molar-refractivity contribution in [3.8, 4) is 0 Å². The van der Waals surface area contributed by atoms with Gasteiger partial charge in [0.25, 0.3) is 0 Å². The molecule has 0 aromatic carbocycles. The second-order valence-electron chi connectivity index (χ2n) is 5.00. The zero-order valence-electron chi connectivity index (χ0n) is 13.2. The summed E-state index contributed by atoms with van der Waals surface area (Å²) in [6.07, 6.45) is 7.18. The standard InChI is InChI=1S/C15H28N4.HI/c1-5-6-7-8-11-17-15(16-2)19(4)13-14-10-9-12-18(14)3;/h9-10,12H,5-8,11,13H2,1-4H3,(H,16,17);1H. The summed E-state index contributed by atoms with van der Waals surface area (Å²) in [4.78, 5) is 6.50. The van der Waals surface area contributed by atoms with Crippen LogP contribution in [0.25, 0.3) is 0 Å². The molecule has 1 aromatic rings. The molecule has 0 saturated carbocycles. The Morgan fingerprint density at radius 2 is 2.10 bits per heavy atom. The average molecular weight is 392 g/mol. The van der Waals surface area contributed by atoms with Crippen molar-refractivity contribution in [3.05, 3.63) is 24.0 Å². The molecule has 0 bridgehead atoms. The monoisotopic (exact) mass is 392 g/mol. The van der Waals surface area contributed by atoms with E-state index in [9.17, 15) is 0 Å². The zero-order valence-corrected chi connectivity index (χ0v) is 15.6. The molecule has 0 amide bonds. The minimum absolute atomic E-state index is 0. The summed E-state index contributed by atoms with van der Waals surface area (Å²) in [5.41, 5.74) is 1.29. The Balaban J connectivity index is 0.00000361. The number of aromatic nitrogens is 1. The fraction of sp³-hybridized carbons (Fsp3) is 0.667. The minimum Gasteiger partial charge on any atom is -0.356 e. The molecule has 0 aliphatic rings. The molecule has 1 heterocycles. The van der Waals surface area contributed by atoms with Crippen LogP contribution in [-0.2, 0) is 13.6 Å². The first-order chi connectivity index (χ1) is 9.19. The van der Waals surface area contributed by atoms with Gasteiger partial charge in [0.15, 0.2) is 5.96 Å². The van der Waals surface area contributed by atoms with Crippen molar-refractivity contribution >= 4 is 29.9 Å². The molecule has 116 valence electrons. The lowest BCUT2D eigenvalue weighted by Crippen LogP contribution is -2.39. The molecule has 4 nitrogen and oxygen atoms in total. The number of rotatable bonds is 7. The number of hydrogen-bond acceptors (Lipinski definition) is 1. The van der Waals surface area contributed by atoms with Crippen molar-refractivity contribution in [1.82, 2.24) is 14.8 Å². The van der Waals surface area contributed by atoms with Crippen LogP contribution in [-0.4, -0.2) is 36.1 Å². The molecule has 1 N–H and O–H groups in total. The average Bonchev–Trinajstić information content (AvgIpc) is 2.79. The zero-order chi connectivity index (χ0) is 14.1. The number of aryl methyl sites for hydroxylation is 1. The quantitative estimate of drug-likeness (QED) is 0.335. The molecule has 0 aliphatic heterocycles. The molecule has 0 atom stereocenters. The summed E-state index contributed by atoms with van der Waals surface area (Å²) in [5, 5.41) is 3.43. The van der Waals surface area contributed by atoms with Crippen molar-refractivity contribution in [2.75, 3.05) is 20.6 Å². The van der Waals surface area contributed by atoms with Crippen LogP contribution in [0.3, 0.4) is 0 Å². The van der Waals surface area contributed by atoms with Gasteiger partial charge in [-0.25, -0.2) is 0 Å². The van der Waals surface area contributed by atoms with E-state index >= 15 is 0 Å². The first kappa shape index (κ1) is 19.3. The summed E-state index contributed by atoms with van der Waals surface area (Å²) in [6, 6.07) is 4.22. The molecule has 1 aromatic heterocycles. The SMILES string of the molecule is CCCCCCNC(=NC)N(C)Cc1cccn1C.I. The molecule has 0 aliphatic carbocycles.